The minimum absolute atomic E-state index is 0.0586. The van der Waals surface area contributed by atoms with Gasteiger partial charge in [0.15, 0.2) is 0 Å². The van der Waals surface area contributed by atoms with E-state index in [1.807, 2.05) is 37.4 Å². The molecule has 0 saturated heterocycles. The maximum absolute atomic E-state index is 11.8. The average Bonchev–Trinajstić information content (AvgIpc) is 2.58. The molecule has 1 amide bonds. The molecule has 2 N–H and O–H groups in total. The van der Waals surface area contributed by atoms with Gasteiger partial charge < -0.3 is 24.8 Å². The molecule has 0 spiro atoms. The van der Waals surface area contributed by atoms with Crippen molar-refractivity contribution in [2.75, 3.05) is 46.6 Å². The van der Waals surface area contributed by atoms with Crippen molar-refractivity contribution in [3.05, 3.63) is 35.9 Å². The number of amides is 1. The molecule has 134 valence electrons. The number of likely N-dealkylation sites (N-methyl/N-ethyl adjacent to an activating group) is 1. The summed E-state index contributed by atoms with van der Waals surface area (Å²) in [7, 11) is 1.85. The van der Waals surface area contributed by atoms with E-state index in [4.69, 9.17) is 14.2 Å². The second-order valence-electron chi connectivity index (χ2n) is 5.08. The van der Waals surface area contributed by atoms with E-state index in [2.05, 4.69) is 10.6 Å². The Hall–Kier alpha value is -1.96. The molecule has 7 nitrogen and oxygen atoms in total. The molecule has 1 aromatic carbocycles. The Balaban J connectivity index is 2.25. The van der Waals surface area contributed by atoms with Crippen LogP contribution in [0, 0.1) is 0 Å². The number of rotatable bonds is 12. The number of esters is 1. The zero-order chi connectivity index (χ0) is 17.6. The molecular formula is C17H26N2O5. The predicted molar refractivity (Wildman–Crippen MR) is 89.5 cm³/mol. The number of hydrogen-bond acceptors (Lipinski definition) is 6. The normalized spacial score (nSPS) is 11.8. The van der Waals surface area contributed by atoms with Crippen molar-refractivity contribution in [1.29, 1.82) is 0 Å². The fourth-order valence-corrected chi connectivity index (χ4v) is 1.91. The van der Waals surface area contributed by atoms with Gasteiger partial charge in [-0.05, 0) is 12.6 Å². The topological polar surface area (TPSA) is 85.9 Å². The van der Waals surface area contributed by atoms with Gasteiger partial charge in [0, 0.05) is 13.5 Å². The van der Waals surface area contributed by atoms with Crippen LogP contribution in [0.4, 0.5) is 0 Å². The Morgan fingerprint density at radius 2 is 1.79 bits per heavy atom. The second-order valence-corrected chi connectivity index (χ2v) is 5.08. The average molecular weight is 338 g/mol. The number of carbonyl (C=O) groups excluding carboxylic acids is 2. The first-order chi connectivity index (χ1) is 11.6. The molecule has 1 unspecified atom stereocenters. The SMILES string of the molecule is CNCCOCCOCC(=O)NCC(OC(C)=O)c1ccccc1. The van der Waals surface area contributed by atoms with E-state index in [1.54, 1.807) is 0 Å². The number of benzene rings is 1. The molecule has 1 rings (SSSR count). The summed E-state index contributed by atoms with van der Waals surface area (Å²) >= 11 is 0. The van der Waals surface area contributed by atoms with Crippen LogP contribution in [0.1, 0.15) is 18.6 Å². The van der Waals surface area contributed by atoms with Crippen molar-refractivity contribution in [2.24, 2.45) is 0 Å². The lowest BCUT2D eigenvalue weighted by Crippen LogP contribution is -2.33. The third kappa shape index (κ3) is 9.24. The smallest absolute Gasteiger partial charge is 0.303 e. The van der Waals surface area contributed by atoms with Gasteiger partial charge in [-0.2, -0.15) is 0 Å². The molecule has 1 aromatic rings. The fourth-order valence-electron chi connectivity index (χ4n) is 1.91. The van der Waals surface area contributed by atoms with Crippen molar-refractivity contribution < 1.29 is 23.8 Å². The van der Waals surface area contributed by atoms with Crippen LogP contribution in [0.25, 0.3) is 0 Å². The highest BCUT2D eigenvalue weighted by Crippen LogP contribution is 2.16. The minimum atomic E-state index is -0.516. The predicted octanol–water partition coefficient (Wildman–Crippen LogP) is 0.660. The Kier molecular flexibility index (Phi) is 10.4. The summed E-state index contributed by atoms with van der Waals surface area (Å²) in [5, 5.41) is 5.67. The van der Waals surface area contributed by atoms with Gasteiger partial charge in [0.25, 0.3) is 0 Å². The molecule has 1 atom stereocenters. The summed E-state index contributed by atoms with van der Waals surface area (Å²) in [5.41, 5.74) is 0.826. The molecule has 0 aliphatic carbocycles. The molecule has 0 saturated carbocycles. The van der Waals surface area contributed by atoms with Crippen LogP contribution in [0.15, 0.2) is 30.3 Å². The maximum atomic E-state index is 11.8. The molecule has 7 heteroatoms. The molecule has 0 heterocycles. The molecule has 0 aromatic heterocycles. The maximum Gasteiger partial charge on any atom is 0.303 e. The summed E-state index contributed by atoms with van der Waals surface area (Å²) < 4.78 is 15.8. The lowest BCUT2D eigenvalue weighted by molar-refractivity contribution is -0.147. The summed E-state index contributed by atoms with van der Waals surface area (Å²) in [5.74, 6) is -0.661. The van der Waals surface area contributed by atoms with Crippen molar-refractivity contribution in [2.45, 2.75) is 13.0 Å². The third-order valence-corrected chi connectivity index (χ3v) is 3.07. The number of hydrogen-bond donors (Lipinski definition) is 2. The van der Waals surface area contributed by atoms with E-state index in [1.165, 1.54) is 6.92 Å². The van der Waals surface area contributed by atoms with Gasteiger partial charge in [-0.25, -0.2) is 0 Å². The molecular weight excluding hydrogens is 312 g/mol. The van der Waals surface area contributed by atoms with Crippen LogP contribution >= 0.6 is 0 Å². The van der Waals surface area contributed by atoms with Crippen LogP contribution < -0.4 is 10.6 Å². The van der Waals surface area contributed by atoms with E-state index >= 15 is 0 Å². The Labute approximate surface area is 142 Å². The molecule has 0 fully saturated rings. The minimum Gasteiger partial charge on any atom is -0.456 e. The van der Waals surface area contributed by atoms with Gasteiger partial charge >= 0.3 is 5.97 Å². The highest BCUT2D eigenvalue weighted by molar-refractivity contribution is 5.77. The lowest BCUT2D eigenvalue weighted by atomic mass is 10.1. The number of nitrogens with one attached hydrogen (secondary N) is 2. The van der Waals surface area contributed by atoms with Gasteiger partial charge in [0.05, 0.1) is 26.4 Å². The summed E-state index contributed by atoms with van der Waals surface area (Å²) in [4.78, 5) is 23.0. The van der Waals surface area contributed by atoms with Gasteiger partial charge in [-0.3, -0.25) is 9.59 Å². The van der Waals surface area contributed by atoms with E-state index in [-0.39, 0.29) is 19.1 Å². The molecule has 0 aliphatic heterocycles. The number of carbonyl (C=O) groups is 2. The van der Waals surface area contributed by atoms with E-state index in [0.29, 0.717) is 19.8 Å². The Morgan fingerprint density at radius 1 is 1.08 bits per heavy atom. The zero-order valence-electron chi connectivity index (χ0n) is 14.2. The highest BCUT2D eigenvalue weighted by atomic mass is 16.5. The lowest BCUT2D eigenvalue weighted by Gasteiger charge is -2.18. The summed E-state index contributed by atoms with van der Waals surface area (Å²) in [6.45, 7) is 3.65. The van der Waals surface area contributed by atoms with Crippen molar-refractivity contribution in [3.63, 3.8) is 0 Å². The Morgan fingerprint density at radius 3 is 2.46 bits per heavy atom. The van der Waals surface area contributed by atoms with E-state index in [0.717, 1.165) is 12.1 Å². The highest BCUT2D eigenvalue weighted by Gasteiger charge is 2.15. The van der Waals surface area contributed by atoms with Crippen LogP contribution in [-0.2, 0) is 23.8 Å². The van der Waals surface area contributed by atoms with Gasteiger partial charge in [0.2, 0.25) is 5.91 Å². The largest absolute Gasteiger partial charge is 0.456 e. The fraction of sp³-hybridized carbons (Fsp3) is 0.529. The van der Waals surface area contributed by atoms with Crippen molar-refractivity contribution in [1.82, 2.24) is 10.6 Å². The van der Waals surface area contributed by atoms with E-state index in [9.17, 15) is 9.59 Å². The molecule has 0 bridgehead atoms. The molecule has 0 radical (unpaired) electrons. The quantitative estimate of drug-likeness (QED) is 0.430. The third-order valence-electron chi connectivity index (χ3n) is 3.07. The number of ether oxygens (including phenoxy) is 3. The van der Waals surface area contributed by atoms with Crippen LogP contribution in [0.5, 0.6) is 0 Å². The Bertz CT molecular complexity index is 481. The second kappa shape index (κ2) is 12.5. The van der Waals surface area contributed by atoms with Crippen LogP contribution in [-0.4, -0.2) is 58.4 Å². The van der Waals surface area contributed by atoms with Crippen LogP contribution in [0.2, 0.25) is 0 Å². The monoisotopic (exact) mass is 338 g/mol. The van der Waals surface area contributed by atoms with Crippen molar-refractivity contribution >= 4 is 11.9 Å². The molecule has 0 aliphatic rings. The molecule has 24 heavy (non-hydrogen) atoms. The first-order valence-corrected chi connectivity index (χ1v) is 7.92. The van der Waals surface area contributed by atoms with E-state index < -0.39 is 12.1 Å². The van der Waals surface area contributed by atoms with Crippen molar-refractivity contribution in [3.8, 4) is 0 Å². The van der Waals surface area contributed by atoms with Gasteiger partial charge in [-0.1, -0.05) is 30.3 Å². The van der Waals surface area contributed by atoms with Gasteiger partial charge in [-0.15, -0.1) is 0 Å². The standard InChI is InChI=1S/C17H26N2O5/c1-14(20)24-16(15-6-4-3-5-7-15)12-19-17(21)13-23-11-10-22-9-8-18-2/h3-7,16,18H,8-13H2,1-2H3,(H,19,21). The summed E-state index contributed by atoms with van der Waals surface area (Å²) in [6, 6.07) is 9.27. The van der Waals surface area contributed by atoms with Crippen LogP contribution in [0.3, 0.4) is 0 Å². The zero-order valence-corrected chi connectivity index (χ0v) is 14.2. The first kappa shape index (κ1) is 20.1. The summed E-state index contributed by atoms with van der Waals surface area (Å²) in [6.07, 6.45) is -0.516. The first-order valence-electron chi connectivity index (χ1n) is 7.92. The van der Waals surface area contributed by atoms with Gasteiger partial charge in [0.1, 0.15) is 12.7 Å².